The van der Waals surface area contributed by atoms with Crippen molar-refractivity contribution in [1.29, 1.82) is 0 Å². The van der Waals surface area contributed by atoms with Gasteiger partial charge in [-0.25, -0.2) is 0 Å². The summed E-state index contributed by atoms with van der Waals surface area (Å²) in [4.78, 5) is 10.3. The molecule has 94 valence electrons. The maximum atomic E-state index is 10.3. The van der Waals surface area contributed by atoms with Crippen LogP contribution in [0.3, 0.4) is 0 Å². The minimum atomic E-state index is -0.738. The summed E-state index contributed by atoms with van der Waals surface area (Å²) < 4.78 is 5.24. The molecule has 0 heterocycles. The number of anilines is 1. The van der Waals surface area contributed by atoms with Crippen LogP contribution in [0.1, 0.15) is 24.8 Å². The number of unbranched alkanes of at least 4 members (excludes halogenated alkanes) is 1. The van der Waals surface area contributed by atoms with Crippen molar-refractivity contribution in [2.75, 3.05) is 19.0 Å². The van der Waals surface area contributed by atoms with Gasteiger partial charge in [0.05, 0.1) is 12.8 Å². The van der Waals surface area contributed by atoms with Crippen LogP contribution in [0.5, 0.6) is 5.75 Å². The van der Waals surface area contributed by atoms with E-state index in [9.17, 15) is 4.79 Å². The molecule has 17 heavy (non-hydrogen) atoms. The lowest BCUT2D eigenvalue weighted by Crippen LogP contribution is -2.04. The maximum absolute atomic E-state index is 10.3. The van der Waals surface area contributed by atoms with Gasteiger partial charge in [-0.3, -0.25) is 4.79 Å². The van der Waals surface area contributed by atoms with Gasteiger partial charge in [0.1, 0.15) is 5.75 Å². The first-order valence-electron chi connectivity index (χ1n) is 5.74. The summed E-state index contributed by atoms with van der Waals surface area (Å²) in [6.45, 7) is 2.78. The zero-order valence-electron chi connectivity index (χ0n) is 10.3. The van der Waals surface area contributed by atoms with Crippen LogP contribution in [0, 0.1) is 6.92 Å². The summed E-state index contributed by atoms with van der Waals surface area (Å²) in [5.74, 6) is 0.0759. The molecule has 0 amide bonds. The van der Waals surface area contributed by atoms with E-state index in [1.165, 1.54) is 5.56 Å². The minimum absolute atomic E-state index is 0.229. The number of benzene rings is 1. The molecule has 0 atom stereocenters. The molecule has 0 aliphatic rings. The average Bonchev–Trinajstić information content (AvgIpc) is 2.28. The zero-order chi connectivity index (χ0) is 12.7. The van der Waals surface area contributed by atoms with Gasteiger partial charge in [0.25, 0.3) is 0 Å². The number of nitrogens with one attached hydrogen (secondary N) is 1. The van der Waals surface area contributed by atoms with Crippen molar-refractivity contribution < 1.29 is 14.6 Å². The molecule has 0 radical (unpaired) electrons. The fraction of sp³-hybridized carbons (Fsp3) is 0.462. The molecule has 4 nitrogen and oxygen atoms in total. The Kier molecular flexibility index (Phi) is 5.33. The van der Waals surface area contributed by atoms with E-state index in [0.29, 0.717) is 6.42 Å². The Bertz CT molecular complexity index is 377. The molecule has 1 rings (SSSR count). The number of aryl methyl sites for hydroxylation is 1. The second-order valence-electron chi connectivity index (χ2n) is 3.98. The number of carboxylic acid groups (broad SMARTS) is 1. The molecular weight excluding hydrogens is 218 g/mol. The van der Waals surface area contributed by atoms with Crippen LogP contribution in [0.15, 0.2) is 18.2 Å². The highest BCUT2D eigenvalue weighted by molar-refractivity contribution is 5.66. The van der Waals surface area contributed by atoms with Crippen LogP contribution in [0.2, 0.25) is 0 Å². The molecule has 0 saturated heterocycles. The Hall–Kier alpha value is -1.71. The molecule has 1 aromatic rings. The number of hydrogen-bond acceptors (Lipinski definition) is 3. The Morgan fingerprint density at radius 1 is 1.41 bits per heavy atom. The van der Waals surface area contributed by atoms with Gasteiger partial charge in [0.15, 0.2) is 0 Å². The summed E-state index contributed by atoms with van der Waals surface area (Å²) in [5.41, 5.74) is 2.13. The quantitative estimate of drug-likeness (QED) is 0.716. The Balaban J connectivity index is 2.40. The number of ether oxygens (including phenoxy) is 1. The van der Waals surface area contributed by atoms with Gasteiger partial charge in [-0.2, -0.15) is 0 Å². The summed E-state index contributed by atoms with van der Waals surface area (Å²) in [6.07, 6.45) is 1.76. The monoisotopic (exact) mass is 237 g/mol. The third kappa shape index (κ3) is 4.76. The van der Waals surface area contributed by atoms with Crippen LogP contribution in [-0.4, -0.2) is 24.7 Å². The van der Waals surface area contributed by atoms with E-state index in [2.05, 4.69) is 5.32 Å². The van der Waals surface area contributed by atoms with Gasteiger partial charge in [0, 0.05) is 13.0 Å². The maximum Gasteiger partial charge on any atom is 0.303 e. The van der Waals surface area contributed by atoms with Gasteiger partial charge in [-0.1, -0.05) is 6.07 Å². The smallest absolute Gasteiger partial charge is 0.303 e. The van der Waals surface area contributed by atoms with Crippen molar-refractivity contribution in [3.63, 3.8) is 0 Å². The van der Waals surface area contributed by atoms with E-state index in [-0.39, 0.29) is 6.42 Å². The molecule has 2 N–H and O–H groups in total. The Labute approximate surface area is 102 Å². The summed E-state index contributed by atoms with van der Waals surface area (Å²) in [6, 6.07) is 5.94. The lowest BCUT2D eigenvalue weighted by Gasteiger charge is -2.11. The van der Waals surface area contributed by atoms with Crippen molar-refractivity contribution in [2.45, 2.75) is 26.2 Å². The lowest BCUT2D eigenvalue weighted by atomic mass is 10.2. The van der Waals surface area contributed by atoms with Gasteiger partial charge in [0.2, 0.25) is 0 Å². The third-order valence-electron chi connectivity index (χ3n) is 2.49. The number of rotatable bonds is 7. The summed E-state index contributed by atoms with van der Waals surface area (Å²) >= 11 is 0. The molecule has 4 heteroatoms. The van der Waals surface area contributed by atoms with Gasteiger partial charge < -0.3 is 15.2 Å². The summed E-state index contributed by atoms with van der Waals surface area (Å²) in [5, 5.41) is 11.8. The van der Waals surface area contributed by atoms with Crippen molar-refractivity contribution in [2.24, 2.45) is 0 Å². The van der Waals surface area contributed by atoms with E-state index in [0.717, 1.165) is 24.4 Å². The number of methoxy groups -OCH3 is 1. The van der Waals surface area contributed by atoms with Crippen molar-refractivity contribution >= 4 is 11.7 Å². The van der Waals surface area contributed by atoms with E-state index < -0.39 is 5.97 Å². The van der Waals surface area contributed by atoms with Crippen LogP contribution < -0.4 is 10.1 Å². The highest BCUT2D eigenvalue weighted by atomic mass is 16.5. The third-order valence-corrected chi connectivity index (χ3v) is 2.49. The first-order valence-corrected chi connectivity index (χ1v) is 5.74. The van der Waals surface area contributed by atoms with Gasteiger partial charge in [-0.15, -0.1) is 0 Å². The van der Waals surface area contributed by atoms with Crippen molar-refractivity contribution in [3.8, 4) is 5.75 Å². The largest absolute Gasteiger partial charge is 0.495 e. The number of carboxylic acids is 1. The molecule has 0 aliphatic carbocycles. The SMILES string of the molecule is COc1ccc(C)cc1NCCCCC(=O)O. The molecule has 0 aromatic heterocycles. The van der Waals surface area contributed by atoms with Crippen molar-refractivity contribution in [3.05, 3.63) is 23.8 Å². The van der Waals surface area contributed by atoms with Gasteiger partial charge >= 0.3 is 5.97 Å². The van der Waals surface area contributed by atoms with Crippen LogP contribution in [0.4, 0.5) is 5.69 Å². The normalized spacial score (nSPS) is 10.0. The Morgan fingerprint density at radius 2 is 2.18 bits per heavy atom. The fourth-order valence-corrected chi connectivity index (χ4v) is 1.58. The lowest BCUT2D eigenvalue weighted by molar-refractivity contribution is -0.137. The predicted octanol–water partition coefficient (Wildman–Crippen LogP) is 2.67. The second kappa shape index (κ2) is 6.78. The number of carbonyl (C=O) groups is 1. The molecule has 0 bridgehead atoms. The van der Waals surface area contributed by atoms with Gasteiger partial charge in [-0.05, 0) is 37.5 Å². The van der Waals surface area contributed by atoms with E-state index >= 15 is 0 Å². The molecule has 0 saturated carbocycles. The highest BCUT2D eigenvalue weighted by Gasteiger charge is 2.02. The predicted molar refractivity (Wildman–Crippen MR) is 67.7 cm³/mol. The van der Waals surface area contributed by atoms with E-state index in [4.69, 9.17) is 9.84 Å². The average molecular weight is 237 g/mol. The van der Waals surface area contributed by atoms with Crippen LogP contribution in [0.25, 0.3) is 0 Å². The van der Waals surface area contributed by atoms with E-state index in [1.54, 1.807) is 7.11 Å². The molecule has 0 fully saturated rings. The van der Waals surface area contributed by atoms with Crippen LogP contribution >= 0.6 is 0 Å². The Morgan fingerprint density at radius 3 is 2.82 bits per heavy atom. The second-order valence-corrected chi connectivity index (χ2v) is 3.98. The minimum Gasteiger partial charge on any atom is -0.495 e. The molecule has 0 spiro atoms. The van der Waals surface area contributed by atoms with E-state index in [1.807, 2.05) is 25.1 Å². The topological polar surface area (TPSA) is 58.6 Å². The zero-order valence-corrected chi connectivity index (χ0v) is 10.3. The standard InChI is InChI=1S/C13H19NO3/c1-10-6-7-12(17-2)11(9-10)14-8-4-3-5-13(15)16/h6-7,9,14H,3-5,8H2,1-2H3,(H,15,16). The molecular formula is C13H19NO3. The number of hydrogen-bond donors (Lipinski definition) is 2. The number of aliphatic carboxylic acids is 1. The highest BCUT2D eigenvalue weighted by Crippen LogP contribution is 2.25. The van der Waals surface area contributed by atoms with Crippen LogP contribution in [-0.2, 0) is 4.79 Å². The first-order chi connectivity index (χ1) is 8.13. The van der Waals surface area contributed by atoms with Crippen molar-refractivity contribution in [1.82, 2.24) is 0 Å². The molecule has 0 aliphatic heterocycles. The molecule has 0 unspecified atom stereocenters. The molecule has 1 aromatic carbocycles. The fourth-order valence-electron chi connectivity index (χ4n) is 1.58. The summed E-state index contributed by atoms with van der Waals surface area (Å²) in [7, 11) is 1.64. The first kappa shape index (κ1) is 13.4.